The molecule has 2 aromatic rings. The maximum Gasteiger partial charge on any atom is 0.339 e. The molecule has 9 heteroatoms. The van der Waals surface area contributed by atoms with E-state index in [0.717, 1.165) is 12.3 Å². The number of carbonyl (C=O) groups is 1. The van der Waals surface area contributed by atoms with E-state index in [9.17, 15) is 18.0 Å². The molecule has 22 heavy (non-hydrogen) atoms. The number of nitrogens with zero attached hydrogens (tertiary/aromatic N) is 1. The van der Waals surface area contributed by atoms with Crippen LogP contribution in [0.2, 0.25) is 0 Å². The minimum Gasteiger partial charge on any atom is -0.465 e. The molecule has 0 unspecified atom stereocenters. The molecule has 8 nitrogen and oxygen atoms in total. The number of sulfone groups is 1. The van der Waals surface area contributed by atoms with Crippen molar-refractivity contribution in [3.8, 4) is 11.3 Å². The van der Waals surface area contributed by atoms with Crippen molar-refractivity contribution in [2.24, 2.45) is 0 Å². The molecule has 0 aliphatic heterocycles. The average Bonchev–Trinajstić information content (AvgIpc) is 2.45. The number of nitrogens with one attached hydrogen (secondary N) is 1. The standard InChI is InChI=1S/C13H13N3O5S/c1-21-13(18)7-6-11(22(2,19)20)8(5-9(7)14)10-3-4-12(17)16-15-10/h3-6H,14H2,1-2H3,(H,16,17). The van der Waals surface area contributed by atoms with Gasteiger partial charge in [0, 0.05) is 23.6 Å². The SMILES string of the molecule is COC(=O)c1cc(S(C)(=O)=O)c(-c2ccc(=O)[nH]n2)cc1N. The van der Waals surface area contributed by atoms with Gasteiger partial charge in [0.25, 0.3) is 5.56 Å². The van der Waals surface area contributed by atoms with Gasteiger partial charge in [-0.3, -0.25) is 4.79 Å². The minimum absolute atomic E-state index is 0.0438. The Bertz CT molecular complexity index is 882. The van der Waals surface area contributed by atoms with E-state index in [4.69, 9.17) is 5.73 Å². The molecule has 1 heterocycles. The topological polar surface area (TPSA) is 132 Å². The molecule has 1 aromatic carbocycles. The maximum absolute atomic E-state index is 12.0. The number of nitrogen functional groups attached to an aromatic ring is 1. The highest BCUT2D eigenvalue weighted by Gasteiger charge is 2.21. The fourth-order valence-electron chi connectivity index (χ4n) is 1.88. The van der Waals surface area contributed by atoms with Gasteiger partial charge in [-0.15, -0.1) is 0 Å². The lowest BCUT2D eigenvalue weighted by molar-refractivity contribution is 0.0601. The molecule has 0 saturated heterocycles. The average molecular weight is 323 g/mol. The van der Waals surface area contributed by atoms with Gasteiger partial charge in [0.05, 0.1) is 23.3 Å². The summed E-state index contributed by atoms with van der Waals surface area (Å²) in [6.07, 6.45) is 0.995. The number of esters is 1. The van der Waals surface area contributed by atoms with Crippen LogP contribution in [0.1, 0.15) is 10.4 Å². The number of hydrogen-bond donors (Lipinski definition) is 2. The normalized spacial score (nSPS) is 11.2. The smallest absolute Gasteiger partial charge is 0.339 e. The van der Waals surface area contributed by atoms with Gasteiger partial charge < -0.3 is 10.5 Å². The number of ether oxygens (including phenoxy) is 1. The number of nitrogens with two attached hydrogens (primary N) is 1. The number of benzene rings is 1. The number of carbonyl (C=O) groups excluding carboxylic acids is 1. The van der Waals surface area contributed by atoms with E-state index in [1.54, 1.807) is 0 Å². The Morgan fingerprint density at radius 1 is 1.32 bits per heavy atom. The number of hydrogen-bond acceptors (Lipinski definition) is 7. The molecule has 3 N–H and O–H groups in total. The summed E-state index contributed by atoms with van der Waals surface area (Å²) in [7, 11) is -2.50. The molecule has 0 amide bonds. The lowest BCUT2D eigenvalue weighted by Gasteiger charge is -2.11. The zero-order valence-electron chi connectivity index (χ0n) is 11.8. The monoisotopic (exact) mass is 323 g/mol. The molecule has 0 aliphatic rings. The molecule has 0 radical (unpaired) electrons. The van der Waals surface area contributed by atoms with Crippen LogP contribution in [0.5, 0.6) is 0 Å². The molecule has 116 valence electrons. The Morgan fingerprint density at radius 2 is 2.00 bits per heavy atom. The summed E-state index contributed by atoms with van der Waals surface area (Å²) in [4.78, 5) is 22.6. The Morgan fingerprint density at radius 3 is 2.50 bits per heavy atom. The van der Waals surface area contributed by atoms with E-state index >= 15 is 0 Å². The van der Waals surface area contributed by atoms with Crippen LogP contribution in [-0.2, 0) is 14.6 Å². The highest BCUT2D eigenvalue weighted by atomic mass is 32.2. The van der Waals surface area contributed by atoms with Crippen LogP contribution in [0.15, 0.2) is 34.0 Å². The van der Waals surface area contributed by atoms with Gasteiger partial charge >= 0.3 is 5.97 Å². The minimum atomic E-state index is -3.67. The van der Waals surface area contributed by atoms with Gasteiger partial charge in [-0.1, -0.05) is 0 Å². The summed E-state index contributed by atoms with van der Waals surface area (Å²) in [6, 6.07) is 5.01. The number of rotatable bonds is 3. The van der Waals surface area contributed by atoms with Crippen molar-refractivity contribution in [2.75, 3.05) is 19.1 Å². The Hall–Kier alpha value is -2.68. The van der Waals surface area contributed by atoms with Gasteiger partial charge in [0.15, 0.2) is 9.84 Å². The largest absolute Gasteiger partial charge is 0.465 e. The summed E-state index contributed by atoms with van der Waals surface area (Å²) in [6.45, 7) is 0. The Balaban J connectivity index is 2.78. The van der Waals surface area contributed by atoms with Crippen LogP contribution in [0.25, 0.3) is 11.3 Å². The molecular formula is C13H13N3O5S. The zero-order valence-corrected chi connectivity index (χ0v) is 12.6. The van der Waals surface area contributed by atoms with Gasteiger partial charge in [0.1, 0.15) is 0 Å². The zero-order chi connectivity index (χ0) is 16.5. The van der Waals surface area contributed by atoms with E-state index < -0.39 is 21.4 Å². The van der Waals surface area contributed by atoms with Gasteiger partial charge in [-0.25, -0.2) is 18.3 Å². The van der Waals surface area contributed by atoms with E-state index in [-0.39, 0.29) is 27.4 Å². The summed E-state index contributed by atoms with van der Waals surface area (Å²) in [5, 5.41) is 6.00. The fraction of sp³-hybridized carbons (Fsp3) is 0.154. The number of H-pyrrole nitrogens is 1. The van der Waals surface area contributed by atoms with Crippen molar-refractivity contribution in [2.45, 2.75) is 4.90 Å². The molecule has 0 atom stereocenters. The Labute approximate surface area is 125 Å². The number of aromatic nitrogens is 2. The number of methoxy groups -OCH3 is 1. The third-order valence-corrected chi connectivity index (χ3v) is 4.05. The highest BCUT2D eigenvalue weighted by molar-refractivity contribution is 7.90. The van der Waals surface area contributed by atoms with Gasteiger partial charge in [-0.2, -0.15) is 5.10 Å². The van der Waals surface area contributed by atoms with E-state index in [1.807, 2.05) is 0 Å². The lowest BCUT2D eigenvalue weighted by Crippen LogP contribution is -2.11. The summed E-state index contributed by atoms with van der Waals surface area (Å²) < 4.78 is 28.5. The molecule has 0 aliphatic carbocycles. The molecule has 0 bridgehead atoms. The fourth-order valence-corrected chi connectivity index (χ4v) is 2.78. The quantitative estimate of drug-likeness (QED) is 0.609. The molecular weight excluding hydrogens is 310 g/mol. The summed E-state index contributed by atoms with van der Waals surface area (Å²) in [5.74, 6) is -0.747. The van der Waals surface area contributed by atoms with Crippen molar-refractivity contribution < 1.29 is 17.9 Å². The van der Waals surface area contributed by atoms with E-state index in [2.05, 4.69) is 14.9 Å². The molecule has 2 rings (SSSR count). The summed E-state index contributed by atoms with van der Waals surface area (Å²) in [5.41, 5.74) is 5.73. The number of aromatic amines is 1. The van der Waals surface area contributed by atoms with Crippen molar-refractivity contribution in [3.05, 3.63) is 40.2 Å². The molecule has 0 fully saturated rings. The second kappa shape index (κ2) is 5.60. The van der Waals surface area contributed by atoms with Crippen LogP contribution in [0.3, 0.4) is 0 Å². The molecule has 0 spiro atoms. The van der Waals surface area contributed by atoms with Crippen LogP contribution in [0, 0.1) is 0 Å². The third kappa shape index (κ3) is 2.98. The van der Waals surface area contributed by atoms with Crippen LogP contribution in [0.4, 0.5) is 5.69 Å². The van der Waals surface area contributed by atoms with E-state index in [0.29, 0.717) is 0 Å². The van der Waals surface area contributed by atoms with Gasteiger partial charge in [0.2, 0.25) is 0 Å². The predicted octanol–water partition coefficient (Wildman–Crippen LogP) is 0.209. The third-order valence-electron chi connectivity index (χ3n) is 2.91. The predicted molar refractivity (Wildman–Crippen MR) is 79.2 cm³/mol. The maximum atomic E-state index is 12.0. The van der Waals surface area contributed by atoms with E-state index in [1.165, 1.54) is 25.3 Å². The first-order chi connectivity index (χ1) is 10.2. The molecule has 0 saturated carbocycles. The van der Waals surface area contributed by atoms with Crippen molar-refractivity contribution in [3.63, 3.8) is 0 Å². The second-order valence-corrected chi connectivity index (χ2v) is 6.49. The van der Waals surface area contributed by atoms with Gasteiger partial charge in [-0.05, 0) is 18.2 Å². The van der Waals surface area contributed by atoms with Crippen LogP contribution < -0.4 is 11.3 Å². The Kier molecular flexibility index (Phi) is 4.00. The van der Waals surface area contributed by atoms with Crippen LogP contribution in [-0.4, -0.2) is 38.0 Å². The first-order valence-electron chi connectivity index (χ1n) is 6.02. The second-order valence-electron chi connectivity index (χ2n) is 4.51. The van der Waals surface area contributed by atoms with Crippen molar-refractivity contribution in [1.29, 1.82) is 0 Å². The first kappa shape index (κ1) is 15.7. The van der Waals surface area contributed by atoms with Crippen molar-refractivity contribution >= 4 is 21.5 Å². The summed E-state index contributed by atoms with van der Waals surface area (Å²) >= 11 is 0. The van der Waals surface area contributed by atoms with Crippen LogP contribution >= 0.6 is 0 Å². The molecule has 1 aromatic heterocycles. The lowest BCUT2D eigenvalue weighted by atomic mass is 10.1. The van der Waals surface area contributed by atoms with Crippen molar-refractivity contribution in [1.82, 2.24) is 10.2 Å². The highest BCUT2D eigenvalue weighted by Crippen LogP contribution is 2.30. The number of anilines is 1. The first-order valence-corrected chi connectivity index (χ1v) is 7.91.